The number of nitrogens with one attached hydrogen (secondary N) is 1. The highest BCUT2D eigenvalue weighted by Gasteiger charge is 2.02. The first-order valence-electron chi connectivity index (χ1n) is 5.43. The maximum Gasteiger partial charge on any atom is 0.129 e. The largest absolute Gasteiger partial charge is 0.381 e. The third-order valence-electron chi connectivity index (χ3n) is 2.53. The summed E-state index contributed by atoms with van der Waals surface area (Å²) in [6.45, 7) is 0.386. The highest BCUT2D eigenvalue weighted by molar-refractivity contribution is 6.30. The molecule has 2 aromatic carbocycles. The molecule has 0 unspecified atom stereocenters. The molecular formula is C15H11ClFN. The smallest absolute Gasteiger partial charge is 0.129 e. The number of anilines is 1. The molecule has 3 heteroatoms. The second kappa shape index (κ2) is 5.57. The first kappa shape index (κ1) is 12.5. The Hall–Kier alpha value is -1.98. The van der Waals surface area contributed by atoms with Gasteiger partial charge in [0.05, 0.1) is 0 Å². The molecule has 2 aromatic rings. The molecule has 0 aliphatic heterocycles. The number of halogens is 2. The maximum atomic E-state index is 13.5. The predicted molar refractivity (Wildman–Crippen MR) is 73.1 cm³/mol. The van der Waals surface area contributed by atoms with Gasteiger partial charge >= 0.3 is 0 Å². The van der Waals surface area contributed by atoms with Gasteiger partial charge in [-0.05, 0) is 30.3 Å². The van der Waals surface area contributed by atoms with Crippen LogP contribution in [0.4, 0.5) is 10.1 Å². The fourth-order valence-electron chi connectivity index (χ4n) is 1.58. The van der Waals surface area contributed by atoms with Crippen molar-refractivity contribution in [3.05, 3.63) is 64.4 Å². The second-order valence-electron chi connectivity index (χ2n) is 3.81. The van der Waals surface area contributed by atoms with Gasteiger partial charge < -0.3 is 5.32 Å². The quantitative estimate of drug-likeness (QED) is 0.820. The topological polar surface area (TPSA) is 12.0 Å². The Morgan fingerprint density at radius 3 is 2.78 bits per heavy atom. The van der Waals surface area contributed by atoms with Gasteiger partial charge in [-0.2, -0.15) is 0 Å². The molecule has 0 bridgehead atoms. The van der Waals surface area contributed by atoms with E-state index in [0.717, 1.165) is 11.3 Å². The van der Waals surface area contributed by atoms with Crippen LogP contribution in [0.15, 0.2) is 42.5 Å². The van der Waals surface area contributed by atoms with Crippen LogP contribution in [0.3, 0.4) is 0 Å². The Bertz CT molecular complexity index is 602. The van der Waals surface area contributed by atoms with Crippen molar-refractivity contribution in [1.82, 2.24) is 0 Å². The van der Waals surface area contributed by atoms with Crippen LogP contribution in [-0.2, 0) is 6.54 Å². The first-order valence-corrected chi connectivity index (χ1v) is 5.81. The van der Waals surface area contributed by atoms with Crippen molar-refractivity contribution in [2.24, 2.45) is 0 Å². The Morgan fingerprint density at radius 1 is 1.22 bits per heavy atom. The van der Waals surface area contributed by atoms with Crippen LogP contribution in [0.2, 0.25) is 5.02 Å². The van der Waals surface area contributed by atoms with Gasteiger partial charge in [-0.3, -0.25) is 0 Å². The molecule has 0 atom stereocenters. The minimum absolute atomic E-state index is 0.317. The summed E-state index contributed by atoms with van der Waals surface area (Å²) in [6, 6.07) is 12.1. The zero-order valence-electron chi connectivity index (χ0n) is 9.58. The van der Waals surface area contributed by atoms with Crippen molar-refractivity contribution in [3.8, 4) is 12.3 Å². The van der Waals surface area contributed by atoms with E-state index < -0.39 is 0 Å². The van der Waals surface area contributed by atoms with Crippen molar-refractivity contribution < 1.29 is 4.39 Å². The van der Waals surface area contributed by atoms with E-state index in [1.165, 1.54) is 6.07 Å². The van der Waals surface area contributed by atoms with Crippen molar-refractivity contribution in [1.29, 1.82) is 0 Å². The third kappa shape index (κ3) is 3.03. The van der Waals surface area contributed by atoms with E-state index >= 15 is 0 Å². The number of rotatable bonds is 3. The SMILES string of the molecule is C#Cc1cccc(NCc2ccc(Cl)cc2F)c1. The number of terminal acetylenes is 1. The second-order valence-corrected chi connectivity index (χ2v) is 4.25. The molecule has 0 aliphatic carbocycles. The van der Waals surface area contributed by atoms with Crippen LogP contribution < -0.4 is 5.32 Å². The molecule has 0 amide bonds. The van der Waals surface area contributed by atoms with Gasteiger partial charge in [0.1, 0.15) is 5.82 Å². The Kier molecular flexibility index (Phi) is 3.86. The van der Waals surface area contributed by atoms with E-state index in [4.69, 9.17) is 18.0 Å². The molecule has 1 N–H and O–H groups in total. The van der Waals surface area contributed by atoms with Crippen molar-refractivity contribution in [2.45, 2.75) is 6.54 Å². The van der Waals surface area contributed by atoms with E-state index in [9.17, 15) is 4.39 Å². The van der Waals surface area contributed by atoms with Crippen LogP contribution in [-0.4, -0.2) is 0 Å². The van der Waals surface area contributed by atoms with E-state index in [2.05, 4.69) is 11.2 Å². The van der Waals surface area contributed by atoms with Gasteiger partial charge in [0.15, 0.2) is 0 Å². The Labute approximate surface area is 111 Å². The van der Waals surface area contributed by atoms with E-state index in [-0.39, 0.29) is 5.82 Å². The zero-order chi connectivity index (χ0) is 13.0. The van der Waals surface area contributed by atoms with Crippen LogP contribution in [0.5, 0.6) is 0 Å². The number of benzene rings is 2. The standard InChI is InChI=1S/C15H11ClFN/c1-2-11-4-3-5-14(8-11)18-10-12-6-7-13(16)9-15(12)17/h1,3-9,18H,10H2. The molecule has 0 aliphatic rings. The average Bonchev–Trinajstić information content (AvgIpc) is 2.38. The highest BCUT2D eigenvalue weighted by atomic mass is 35.5. The summed E-state index contributed by atoms with van der Waals surface area (Å²) in [5.74, 6) is 2.24. The zero-order valence-corrected chi connectivity index (χ0v) is 10.3. The van der Waals surface area contributed by atoms with Gasteiger partial charge in [-0.25, -0.2) is 4.39 Å². The normalized spacial score (nSPS) is 9.83. The molecule has 0 saturated heterocycles. The molecular weight excluding hydrogens is 249 g/mol. The van der Waals surface area contributed by atoms with Crippen molar-refractivity contribution in [2.75, 3.05) is 5.32 Å². The van der Waals surface area contributed by atoms with Crippen LogP contribution in [0, 0.1) is 18.2 Å². The first-order chi connectivity index (χ1) is 8.69. The van der Waals surface area contributed by atoms with E-state index in [1.807, 2.05) is 24.3 Å². The third-order valence-corrected chi connectivity index (χ3v) is 2.76. The van der Waals surface area contributed by atoms with Crippen LogP contribution in [0.1, 0.15) is 11.1 Å². The lowest BCUT2D eigenvalue weighted by molar-refractivity contribution is 0.613. The van der Waals surface area contributed by atoms with E-state index in [1.54, 1.807) is 12.1 Å². The van der Waals surface area contributed by atoms with Crippen molar-refractivity contribution >= 4 is 17.3 Å². The number of hydrogen-bond donors (Lipinski definition) is 1. The predicted octanol–water partition coefficient (Wildman–Crippen LogP) is 4.07. The molecule has 0 saturated carbocycles. The Balaban J connectivity index is 2.09. The van der Waals surface area contributed by atoms with Gasteiger partial charge in [-0.15, -0.1) is 6.42 Å². The maximum absolute atomic E-state index is 13.5. The molecule has 2 rings (SSSR count). The van der Waals surface area contributed by atoms with Crippen LogP contribution in [0.25, 0.3) is 0 Å². The summed E-state index contributed by atoms with van der Waals surface area (Å²) < 4.78 is 13.5. The van der Waals surface area contributed by atoms with E-state index in [0.29, 0.717) is 17.1 Å². The molecule has 0 aromatic heterocycles. The fourth-order valence-corrected chi connectivity index (χ4v) is 1.74. The van der Waals surface area contributed by atoms with Gasteiger partial charge in [0.25, 0.3) is 0 Å². The lowest BCUT2D eigenvalue weighted by atomic mass is 10.2. The van der Waals surface area contributed by atoms with Gasteiger partial charge in [0.2, 0.25) is 0 Å². The summed E-state index contributed by atoms with van der Waals surface area (Å²) in [5, 5.41) is 3.51. The molecule has 0 radical (unpaired) electrons. The lowest BCUT2D eigenvalue weighted by Crippen LogP contribution is -2.01. The molecule has 1 nitrogen and oxygen atoms in total. The highest BCUT2D eigenvalue weighted by Crippen LogP contribution is 2.16. The lowest BCUT2D eigenvalue weighted by Gasteiger charge is -2.08. The fraction of sp³-hybridized carbons (Fsp3) is 0.0667. The monoisotopic (exact) mass is 259 g/mol. The summed E-state index contributed by atoms with van der Waals surface area (Å²) in [4.78, 5) is 0. The minimum atomic E-state index is -0.317. The van der Waals surface area contributed by atoms with Gasteiger partial charge in [0, 0.05) is 28.4 Å². The minimum Gasteiger partial charge on any atom is -0.381 e. The summed E-state index contributed by atoms with van der Waals surface area (Å²) in [7, 11) is 0. The Morgan fingerprint density at radius 2 is 2.06 bits per heavy atom. The summed E-state index contributed by atoms with van der Waals surface area (Å²) in [5.41, 5.74) is 2.21. The van der Waals surface area contributed by atoms with Gasteiger partial charge in [-0.1, -0.05) is 29.7 Å². The van der Waals surface area contributed by atoms with Crippen molar-refractivity contribution in [3.63, 3.8) is 0 Å². The average molecular weight is 260 g/mol. The molecule has 0 fully saturated rings. The molecule has 90 valence electrons. The summed E-state index contributed by atoms with van der Waals surface area (Å²) >= 11 is 5.69. The molecule has 18 heavy (non-hydrogen) atoms. The molecule has 0 spiro atoms. The number of hydrogen-bond acceptors (Lipinski definition) is 1. The summed E-state index contributed by atoms with van der Waals surface area (Å²) in [6.07, 6.45) is 5.31. The molecule has 0 heterocycles. The van der Waals surface area contributed by atoms with Crippen LogP contribution >= 0.6 is 11.6 Å².